The second-order valence-electron chi connectivity index (χ2n) is 4.44. The summed E-state index contributed by atoms with van der Waals surface area (Å²) in [5.41, 5.74) is 1.84. The Hall–Kier alpha value is -2.64. The van der Waals surface area contributed by atoms with Gasteiger partial charge in [0.05, 0.1) is 11.3 Å². The van der Waals surface area contributed by atoms with Crippen molar-refractivity contribution in [1.82, 2.24) is 0 Å². The SMILES string of the molecule is Cc1ccc(C#CCO)c(C(=O)Nc2ccccc2F)c1. The Balaban J connectivity index is 2.34. The normalized spacial score (nSPS) is 9.67. The predicted octanol–water partition coefficient (Wildman–Crippen LogP) is 2.73. The van der Waals surface area contributed by atoms with Crippen molar-refractivity contribution in [1.29, 1.82) is 0 Å². The standard InChI is InChI=1S/C17H14FNO2/c1-12-8-9-13(5-4-10-20)14(11-12)17(21)19-16-7-3-2-6-15(16)18/h2-3,6-9,11,20H,10H2,1H3,(H,19,21). The van der Waals surface area contributed by atoms with E-state index >= 15 is 0 Å². The lowest BCUT2D eigenvalue weighted by Crippen LogP contribution is -2.14. The molecule has 4 heteroatoms. The Labute approximate surface area is 122 Å². The molecule has 2 aromatic carbocycles. The van der Waals surface area contributed by atoms with E-state index in [9.17, 15) is 9.18 Å². The van der Waals surface area contributed by atoms with Gasteiger partial charge in [-0.1, -0.05) is 35.6 Å². The van der Waals surface area contributed by atoms with E-state index in [1.54, 1.807) is 24.3 Å². The van der Waals surface area contributed by atoms with Gasteiger partial charge in [0.25, 0.3) is 5.91 Å². The molecule has 0 aliphatic carbocycles. The van der Waals surface area contributed by atoms with Crippen molar-refractivity contribution in [3.63, 3.8) is 0 Å². The van der Waals surface area contributed by atoms with E-state index in [2.05, 4.69) is 17.2 Å². The van der Waals surface area contributed by atoms with Gasteiger partial charge >= 0.3 is 0 Å². The maximum absolute atomic E-state index is 13.6. The zero-order valence-electron chi connectivity index (χ0n) is 11.5. The lowest BCUT2D eigenvalue weighted by molar-refractivity contribution is 0.102. The molecule has 3 nitrogen and oxygen atoms in total. The van der Waals surface area contributed by atoms with E-state index in [0.717, 1.165) is 5.56 Å². The van der Waals surface area contributed by atoms with Gasteiger partial charge < -0.3 is 10.4 Å². The second kappa shape index (κ2) is 6.69. The summed E-state index contributed by atoms with van der Waals surface area (Å²) in [7, 11) is 0. The van der Waals surface area contributed by atoms with E-state index in [4.69, 9.17) is 5.11 Å². The molecule has 2 aromatic rings. The maximum Gasteiger partial charge on any atom is 0.257 e. The number of aliphatic hydroxyl groups is 1. The van der Waals surface area contributed by atoms with Gasteiger partial charge in [-0.25, -0.2) is 4.39 Å². The number of aliphatic hydroxyl groups excluding tert-OH is 1. The third-order valence-corrected chi connectivity index (χ3v) is 2.84. The quantitative estimate of drug-likeness (QED) is 0.833. The number of amides is 1. The smallest absolute Gasteiger partial charge is 0.257 e. The average molecular weight is 283 g/mol. The molecule has 0 heterocycles. The van der Waals surface area contributed by atoms with Crippen LogP contribution in [0.15, 0.2) is 42.5 Å². The summed E-state index contributed by atoms with van der Waals surface area (Å²) >= 11 is 0. The van der Waals surface area contributed by atoms with E-state index < -0.39 is 11.7 Å². The van der Waals surface area contributed by atoms with Crippen LogP contribution >= 0.6 is 0 Å². The van der Waals surface area contributed by atoms with Crippen molar-refractivity contribution < 1.29 is 14.3 Å². The fourth-order valence-corrected chi connectivity index (χ4v) is 1.84. The number of hydrogen-bond acceptors (Lipinski definition) is 2. The highest BCUT2D eigenvalue weighted by Crippen LogP contribution is 2.16. The summed E-state index contributed by atoms with van der Waals surface area (Å²) in [5, 5.41) is 11.3. The molecule has 106 valence electrons. The third-order valence-electron chi connectivity index (χ3n) is 2.84. The van der Waals surface area contributed by atoms with E-state index in [1.807, 2.05) is 13.0 Å². The topological polar surface area (TPSA) is 49.3 Å². The predicted molar refractivity (Wildman–Crippen MR) is 79.5 cm³/mol. The number of rotatable bonds is 2. The number of carbonyl (C=O) groups excluding carboxylic acids is 1. The Morgan fingerprint density at radius 1 is 1.29 bits per heavy atom. The molecule has 21 heavy (non-hydrogen) atoms. The van der Waals surface area contributed by atoms with E-state index in [1.165, 1.54) is 12.1 Å². The van der Waals surface area contributed by atoms with Crippen LogP contribution in [-0.2, 0) is 0 Å². The molecular weight excluding hydrogens is 269 g/mol. The number of aryl methyl sites for hydroxylation is 1. The van der Waals surface area contributed by atoms with Crippen molar-refractivity contribution in [3.05, 3.63) is 65.0 Å². The average Bonchev–Trinajstić information content (AvgIpc) is 2.48. The third kappa shape index (κ3) is 3.68. The Kier molecular flexibility index (Phi) is 4.70. The highest BCUT2D eigenvalue weighted by atomic mass is 19.1. The van der Waals surface area contributed by atoms with Crippen LogP contribution in [0.4, 0.5) is 10.1 Å². The molecule has 0 bridgehead atoms. The monoisotopic (exact) mass is 283 g/mol. The number of nitrogens with one attached hydrogen (secondary N) is 1. The molecule has 0 fully saturated rings. The van der Waals surface area contributed by atoms with Crippen molar-refractivity contribution in [2.75, 3.05) is 11.9 Å². The van der Waals surface area contributed by atoms with Gasteiger partial charge in [-0.05, 0) is 31.2 Å². The maximum atomic E-state index is 13.6. The molecular formula is C17H14FNO2. The summed E-state index contributed by atoms with van der Waals surface area (Å²) in [6.45, 7) is 1.56. The van der Waals surface area contributed by atoms with Gasteiger partial charge in [0, 0.05) is 5.56 Å². The fraction of sp³-hybridized carbons (Fsp3) is 0.118. The molecule has 1 amide bonds. The molecule has 0 saturated carbocycles. The fourth-order valence-electron chi connectivity index (χ4n) is 1.84. The molecule has 0 radical (unpaired) electrons. The van der Waals surface area contributed by atoms with Crippen LogP contribution in [-0.4, -0.2) is 17.6 Å². The molecule has 0 saturated heterocycles. The van der Waals surface area contributed by atoms with Crippen LogP contribution in [0.5, 0.6) is 0 Å². The first-order valence-corrected chi connectivity index (χ1v) is 6.38. The van der Waals surface area contributed by atoms with Crippen LogP contribution in [0.2, 0.25) is 0 Å². The van der Waals surface area contributed by atoms with Gasteiger partial charge in [-0.2, -0.15) is 0 Å². The molecule has 2 rings (SSSR count). The Morgan fingerprint density at radius 2 is 2.05 bits per heavy atom. The summed E-state index contributed by atoms with van der Waals surface area (Å²) in [5.74, 6) is 4.29. The second-order valence-corrected chi connectivity index (χ2v) is 4.44. The number of benzene rings is 2. The Morgan fingerprint density at radius 3 is 2.76 bits per heavy atom. The van der Waals surface area contributed by atoms with Crippen LogP contribution < -0.4 is 5.32 Å². The highest BCUT2D eigenvalue weighted by Gasteiger charge is 2.12. The number of carbonyl (C=O) groups is 1. The minimum absolute atomic E-state index is 0.116. The van der Waals surface area contributed by atoms with Crippen LogP contribution in [0, 0.1) is 24.6 Å². The number of hydrogen-bond donors (Lipinski definition) is 2. The first-order valence-electron chi connectivity index (χ1n) is 6.38. The first-order chi connectivity index (χ1) is 10.1. The van der Waals surface area contributed by atoms with E-state index in [0.29, 0.717) is 11.1 Å². The van der Waals surface area contributed by atoms with Crippen molar-refractivity contribution >= 4 is 11.6 Å². The lowest BCUT2D eigenvalue weighted by Gasteiger charge is -2.08. The van der Waals surface area contributed by atoms with Gasteiger partial charge in [0.2, 0.25) is 0 Å². The number of anilines is 1. The Bertz CT molecular complexity index is 729. The highest BCUT2D eigenvalue weighted by molar-refractivity contribution is 6.06. The van der Waals surface area contributed by atoms with Crippen LogP contribution in [0.25, 0.3) is 0 Å². The summed E-state index contributed by atoms with van der Waals surface area (Å²) in [6.07, 6.45) is 0. The minimum atomic E-state index is -0.499. The number of para-hydroxylation sites is 1. The molecule has 2 N–H and O–H groups in total. The minimum Gasteiger partial charge on any atom is -0.384 e. The van der Waals surface area contributed by atoms with Crippen molar-refractivity contribution in [3.8, 4) is 11.8 Å². The summed E-state index contributed by atoms with van der Waals surface area (Å²) < 4.78 is 13.6. The van der Waals surface area contributed by atoms with Crippen LogP contribution in [0.3, 0.4) is 0 Å². The summed E-state index contributed by atoms with van der Waals surface area (Å²) in [4.78, 5) is 12.3. The van der Waals surface area contributed by atoms with Gasteiger partial charge in [0.15, 0.2) is 0 Å². The molecule has 0 atom stereocenters. The zero-order chi connectivity index (χ0) is 15.2. The largest absolute Gasteiger partial charge is 0.384 e. The van der Waals surface area contributed by atoms with Gasteiger partial charge in [-0.3, -0.25) is 4.79 Å². The lowest BCUT2D eigenvalue weighted by atomic mass is 10.0. The van der Waals surface area contributed by atoms with E-state index in [-0.39, 0.29) is 12.3 Å². The van der Waals surface area contributed by atoms with Crippen molar-refractivity contribution in [2.45, 2.75) is 6.92 Å². The van der Waals surface area contributed by atoms with Gasteiger partial charge in [-0.15, -0.1) is 0 Å². The molecule has 0 unspecified atom stereocenters. The summed E-state index contributed by atoms with van der Waals surface area (Å²) in [6, 6.07) is 11.2. The molecule has 0 aliphatic rings. The van der Waals surface area contributed by atoms with Gasteiger partial charge in [0.1, 0.15) is 12.4 Å². The van der Waals surface area contributed by atoms with Crippen molar-refractivity contribution in [2.24, 2.45) is 0 Å². The first kappa shape index (κ1) is 14.8. The number of halogens is 1. The molecule has 0 aromatic heterocycles. The van der Waals surface area contributed by atoms with Crippen LogP contribution in [0.1, 0.15) is 21.5 Å². The molecule has 0 spiro atoms. The zero-order valence-corrected chi connectivity index (χ0v) is 11.5. The molecule has 0 aliphatic heterocycles.